The van der Waals surface area contributed by atoms with Gasteiger partial charge < -0.3 is 15.4 Å². The van der Waals surface area contributed by atoms with E-state index in [4.69, 9.17) is 4.74 Å². The maximum atomic E-state index is 12.8. The first-order valence-corrected chi connectivity index (χ1v) is 11.4. The number of rotatable bonds is 5. The van der Waals surface area contributed by atoms with Crippen LogP contribution in [0, 0.1) is 35.0 Å². The number of allylic oxidation sites excluding steroid dienone is 2. The van der Waals surface area contributed by atoms with E-state index < -0.39 is 0 Å². The molecule has 174 valence electrons. The van der Waals surface area contributed by atoms with Gasteiger partial charge in [-0.15, -0.1) is 24.0 Å². The quantitative estimate of drug-likeness (QED) is 0.183. The first-order chi connectivity index (χ1) is 14.3. The summed E-state index contributed by atoms with van der Waals surface area (Å²) >= 11 is 0. The van der Waals surface area contributed by atoms with Crippen LogP contribution in [0.5, 0.6) is 0 Å². The minimum Gasteiger partial charge on any atom is -0.377 e. The molecular formula is C23H37IN4O3. The molecule has 4 rings (SSSR count). The van der Waals surface area contributed by atoms with Crippen LogP contribution in [0.15, 0.2) is 17.1 Å². The van der Waals surface area contributed by atoms with Gasteiger partial charge in [0.1, 0.15) is 0 Å². The van der Waals surface area contributed by atoms with Gasteiger partial charge in [-0.05, 0) is 36.5 Å². The van der Waals surface area contributed by atoms with E-state index in [1.165, 1.54) is 4.90 Å². The monoisotopic (exact) mass is 544 g/mol. The Bertz CT molecular complexity index is 718. The van der Waals surface area contributed by atoms with Crippen LogP contribution in [0.2, 0.25) is 0 Å². The summed E-state index contributed by atoms with van der Waals surface area (Å²) in [5.41, 5.74) is 0.104. The molecule has 2 aliphatic heterocycles. The molecule has 0 spiro atoms. The average molecular weight is 544 g/mol. The molecule has 4 aliphatic rings. The predicted molar refractivity (Wildman–Crippen MR) is 131 cm³/mol. The van der Waals surface area contributed by atoms with E-state index in [2.05, 4.69) is 48.5 Å². The minimum absolute atomic E-state index is 0. The van der Waals surface area contributed by atoms with Crippen molar-refractivity contribution in [1.29, 1.82) is 0 Å². The molecule has 8 heteroatoms. The zero-order valence-corrected chi connectivity index (χ0v) is 21.4. The minimum atomic E-state index is -0.120. The Morgan fingerprint density at radius 3 is 2.39 bits per heavy atom. The normalized spacial score (nSPS) is 34.7. The number of halogens is 1. The number of likely N-dealkylation sites (tertiary alicyclic amines) is 1. The van der Waals surface area contributed by atoms with E-state index in [9.17, 15) is 9.59 Å². The summed E-state index contributed by atoms with van der Waals surface area (Å²) in [4.78, 5) is 31.3. The topological polar surface area (TPSA) is 83.0 Å². The number of aliphatic imine (C=N–C) groups is 1. The highest BCUT2D eigenvalue weighted by molar-refractivity contribution is 14.0. The molecule has 0 aromatic carbocycles. The van der Waals surface area contributed by atoms with Gasteiger partial charge in [-0.25, -0.2) is 0 Å². The first kappa shape index (κ1) is 24.5. The second-order valence-electron chi connectivity index (χ2n) is 10.3. The highest BCUT2D eigenvalue weighted by atomic mass is 127. The number of hydrogen-bond donors (Lipinski definition) is 2. The molecule has 6 atom stereocenters. The van der Waals surface area contributed by atoms with Gasteiger partial charge in [0.2, 0.25) is 11.8 Å². The van der Waals surface area contributed by atoms with Crippen molar-refractivity contribution in [2.75, 3.05) is 33.3 Å². The van der Waals surface area contributed by atoms with Gasteiger partial charge in [0.05, 0.1) is 17.9 Å². The fraction of sp³-hybridized carbons (Fsp3) is 0.783. The van der Waals surface area contributed by atoms with Crippen LogP contribution in [-0.4, -0.2) is 62.1 Å². The van der Waals surface area contributed by atoms with Gasteiger partial charge in [0.15, 0.2) is 5.96 Å². The van der Waals surface area contributed by atoms with Crippen molar-refractivity contribution in [3.8, 4) is 0 Å². The van der Waals surface area contributed by atoms with Crippen molar-refractivity contribution in [2.24, 2.45) is 40.0 Å². The second kappa shape index (κ2) is 9.77. The second-order valence-corrected chi connectivity index (χ2v) is 10.3. The fourth-order valence-electron chi connectivity index (χ4n) is 5.93. The number of carbonyl (C=O) groups is 2. The number of ether oxygens (including phenoxy) is 1. The molecule has 31 heavy (non-hydrogen) atoms. The Balaban J connectivity index is 0.00000272. The Morgan fingerprint density at radius 1 is 1.16 bits per heavy atom. The van der Waals surface area contributed by atoms with Crippen molar-refractivity contribution >= 4 is 41.8 Å². The lowest BCUT2D eigenvalue weighted by molar-refractivity contribution is -0.140. The smallest absolute Gasteiger partial charge is 0.233 e. The van der Waals surface area contributed by atoms with E-state index in [0.717, 1.165) is 32.4 Å². The molecule has 2 saturated heterocycles. The number of guanidine groups is 1. The summed E-state index contributed by atoms with van der Waals surface area (Å²) in [5, 5.41) is 6.68. The summed E-state index contributed by atoms with van der Waals surface area (Å²) < 4.78 is 6.06. The van der Waals surface area contributed by atoms with Crippen LogP contribution in [-0.2, 0) is 14.3 Å². The number of hydrogen-bond acceptors (Lipinski definition) is 4. The van der Waals surface area contributed by atoms with Gasteiger partial charge in [-0.2, -0.15) is 0 Å². The highest BCUT2D eigenvalue weighted by Crippen LogP contribution is 2.52. The van der Waals surface area contributed by atoms with Crippen molar-refractivity contribution in [3.05, 3.63) is 12.2 Å². The lowest BCUT2D eigenvalue weighted by atomic mass is 9.78. The number of imide groups is 1. The van der Waals surface area contributed by atoms with Crippen LogP contribution < -0.4 is 10.6 Å². The molecular weight excluding hydrogens is 507 g/mol. The number of nitrogens with one attached hydrogen (secondary N) is 2. The molecule has 2 bridgehead atoms. The standard InChI is InChI=1S/C23H36N4O3.HI/c1-23(2,3)19-16(6-5-11-30-19)13-26-22(24-4)25-9-10-27-20(28)17-14-7-8-15(12-14)18(17)21(27)29;/h7-8,14-19H,5-6,9-13H2,1-4H3,(H2,24,25,26);1H. The van der Waals surface area contributed by atoms with Crippen molar-refractivity contribution in [1.82, 2.24) is 15.5 Å². The van der Waals surface area contributed by atoms with Crippen LogP contribution in [0.4, 0.5) is 0 Å². The van der Waals surface area contributed by atoms with E-state index in [0.29, 0.717) is 25.0 Å². The van der Waals surface area contributed by atoms with Crippen LogP contribution >= 0.6 is 24.0 Å². The van der Waals surface area contributed by atoms with E-state index >= 15 is 0 Å². The number of amides is 2. The molecule has 0 aromatic heterocycles. The number of carbonyl (C=O) groups excluding carboxylic acids is 2. The number of nitrogens with zero attached hydrogens (tertiary/aromatic N) is 2. The van der Waals surface area contributed by atoms with E-state index in [1.54, 1.807) is 7.05 Å². The Labute approximate surface area is 202 Å². The lowest BCUT2D eigenvalue weighted by Crippen LogP contribution is -2.48. The molecule has 6 unspecified atom stereocenters. The third kappa shape index (κ3) is 4.79. The molecule has 1 saturated carbocycles. The predicted octanol–water partition coefficient (Wildman–Crippen LogP) is 2.42. The Morgan fingerprint density at radius 2 is 1.81 bits per heavy atom. The molecule has 0 radical (unpaired) electrons. The highest BCUT2D eigenvalue weighted by Gasteiger charge is 2.58. The third-order valence-electron chi connectivity index (χ3n) is 7.24. The molecule has 2 N–H and O–H groups in total. The number of fused-ring (bicyclic) bond motifs is 5. The van der Waals surface area contributed by atoms with Gasteiger partial charge in [0, 0.05) is 39.2 Å². The average Bonchev–Trinajstić information content (AvgIpc) is 3.39. The third-order valence-corrected chi connectivity index (χ3v) is 7.24. The summed E-state index contributed by atoms with van der Waals surface area (Å²) in [6, 6.07) is 0. The van der Waals surface area contributed by atoms with Gasteiger partial charge >= 0.3 is 0 Å². The zero-order chi connectivity index (χ0) is 21.5. The summed E-state index contributed by atoms with van der Waals surface area (Å²) in [6.07, 6.45) is 7.68. The molecule has 2 aliphatic carbocycles. The van der Waals surface area contributed by atoms with Crippen LogP contribution in [0.1, 0.15) is 40.0 Å². The van der Waals surface area contributed by atoms with Gasteiger partial charge in [-0.1, -0.05) is 32.9 Å². The Kier molecular flexibility index (Phi) is 7.71. The lowest BCUT2D eigenvalue weighted by Gasteiger charge is -2.40. The van der Waals surface area contributed by atoms with Gasteiger partial charge in [-0.3, -0.25) is 19.5 Å². The molecule has 2 amide bonds. The molecule has 7 nitrogen and oxygen atoms in total. The van der Waals surface area contributed by atoms with E-state index in [-0.39, 0.29) is 71.0 Å². The zero-order valence-electron chi connectivity index (χ0n) is 19.1. The van der Waals surface area contributed by atoms with Gasteiger partial charge in [0.25, 0.3) is 0 Å². The van der Waals surface area contributed by atoms with Crippen molar-refractivity contribution in [2.45, 2.75) is 46.1 Å². The maximum absolute atomic E-state index is 12.8. The molecule has 0 aromatic rings. The van der Waals surface area contributed by atoms with Crippen LogP contribution in [0.3, 0.4) is 0 Å². The Hall–Kier alpha value is -1.16. The summed E-state index contributed by atoms with van der Waals surface area (Å²) in [6.45, 7) is 9.20. The molecule has 3 fully saturated rings. The van der Waals surface area contributed by atoms with Crippen LogP contribution in [0.25, 0.3) is 0 Å². The van der Waals surface area contributed by atoms with E-state index in [1.807, 2.05) is 0 Å². The largest absolute Gasteiger partial charge is 0.377 e. The summed E-state index contributed by atoms with van der Waals surface area (Å²) in [5.74, 6) is 1.44. The summed E-state index contributed by atoms with van der Waals surface area (Å²) in [7, 11) is 1.74. The van der Waals surface area contributed by atoms with Crippen molar-refractivity contribution < 1.29 is 14.3 Å². The molecule has 2 heterocycles. The first-order valence-electron chi connectivity index (χ1n) is 11.4. The van der Waals surface area contributed by atoms with Crippen molar-refractivity contribution in [3.63, 3.8) is 0 Å². The maximum Gasteiger partial charge on any atom is 0.233 e. The SMILES string of the molecule is CN=C(NCCN1C(=O)C2C3C=CC(C3)C2C1=O)NCC1CCCOC1C(C)(C)C.I. The fourth-order valence-corrected chi connectivity index (χ4v) is 5.93.